The summed E-state index contributed by atoms with van der Waals surface area (Å²) in [4.78, 5) is 4.05. The molecule has 0 aromatic rings. The molecule has 1 heterocycles. The SMILES string of the molecule is C[C@H]1C=CC=NC1. The van der Waals surface area contributed by atoms with Crippen LogP contribution in [0.2, 0.25) is 0 Å². The van der Waals surface area contributed by atoms with E-state index in [0.717, 1.165) is 6.54 Å². The summed E-state index contributed by atoms with van der Waals surface area (Å²) in [5.41, 5.74) is 0. The van der Waals surface area contributed by atoms with E-state index in [9.17, 15) is 0 Å². The molecule has 1 rings (SSSR count). The van der Waals surface area contributed by atoms with Gasteiger partial charge in [-0.25, -0.2) is 0 Å². The quantitative estimate of drug-likeness (QED) is 0.429. The van der Waals surface area contributed by atoms with Crippen molar-refractivity contribution in [2.45, 2.75) is 6.92 Å². The molecule has 0 N–H and O–H groups in total. The van der Waals surface area contributed by atoms with Crippen molar-refractivity contribution < 1.29 is 0 Å². The molecule has 1 heteroatoms. The summed E-state index contributed by atoms with van der Waals surface area (Å²) in [5.74, 6) is 0.657. The Morgan fingerprint density at radius 2 is 2.57 bits per heavy atom. The molecular formula is C6H9N. The Morgan fingerprint density at radius 1 is 1.71 bits per heavy atom. The van der Waals surface area contributed by atoms with Crippen LogP contribution in [0.25, 0.3) is 0 Å². The van der Waals surface area contributed by atoms with Crippen LogP contribution in [0.4, 0.5) is 0 Å². The summed E-state index contributed by atoms with van der Waals surface area (Å²) in [6.07, 6.45) is 6.00. The van der Waals surface area contributed by atoms with Crippen molar-refractivity contribution in [2.75, 3.05) is 6.54 Å². The van der Waals surface area contributed by atoms with Gasteiger partial charge in [-0.15, -0.1) is 0 Å². The van der Waals surface area contributed by atoms with Crippen LogP contribution in [0, 0.1) is 5.92 Å². The molecule has 0 spiro atoms. The zero-order valence-electron chi connectivity index (χ0n) is 4.46. The topological polar surface area (TPSA) is 12.4 Å². The summed E-state index contributed by atoms with van der Waals surface area (Å²) in [6, 6.07) is 0. The molecule has 7 heavy (non-hydrogen) atoms. The zero-order valence-corrected chi connectivity index (χ0v) is 4.46. The minimum absolute atomic E-state index is 0.657. The molecule has 1 aliphatic heterocycles. The van der Waals surface area contributed by atoms with Crippen molar-refractivity contribution in [3.05, 3.63) is 12.2 Å². The van der Waals surface area contributed by atoms with Crippen molar-refractivity contribution in [3.8, 4) is 0 Å². The van der Waals surface area contributed by atoms with E-state index in [0.29, 0.717) is 5.92 Å². The molecule has 1 nitrogen and oxygen atoms in total. The average molecular weight is 95.1 g/mol. The molecule has 0 aromatic heterocycles. The molecule has 0 saturated carbocycles. The Hall–Kier alpha value is -0.590. The standard InChI is InChI=1S/C6H9N/c1-6-3-2-4-7-5-6/h2-4,6H,5H2,1H3/t6-/m0/s1. The van der Waals surface area contributed by atoms with Crippen molar-refractivity contribution in [1.29, 1.82) is 0 Å². The summed E-state index contributed by atoms with van der Waals surface area (Å²) >= 11 is 0. The second-order valence-corrected chi connectivity index (χ2v) is 1.88. The second kappa shape index (κ2) is 1.92. The van der Waals surface area contributed by atoms with Crippen molar-refractivity contribution in [3.63, 3.8) is 0 Å². The fraction of sp³-hybridized carbons (Fsp3) is 0.500. The molecule has 0 radical (unpaired) electrons. The first kappa shape index (κ1) is 4.57. The number of hydrogen-bond donors (Lipinski definition) is 0. The van der Waals surface area contributed by atoms with Crippen molar-refractivity contribution >= 4 is 6.21 Å². The number of rotatable bonds is 0. The minimum atomic E-state index is 0.657. The first-order valence-electron chi connectivity index (χ1n) is 2.56. The van der Waals surface area contributed by atoms with Gasteiger partial charge in [0.1, 0.15) is 0 Å². The van der Waals surface area contributed by atoms with Gasteiger partial charge >= 0.3 is 0 Å². The van der Waals surface area contributed by atoms with Crippen LogP contribution in [0.15, 0.2) is 17.1 Å². The normalized spacial score (nSPS) is 28.4. The van der Waals surface area contributed by atoms with Gasteiger partial charge < -0.3 is 0 Å². The third kappa shape index (κ3) is 1.15. The second-order valence-electron chi connectivity index (χ2n) is 1.88. The van der Waals surface area contributed by atoms with E-state index in [1.807, 2.05) is 12.3 Å². The number of nitrogens with zero attached hydrogens (tertiary/aromatic N) is 1. The van der Waals surface area contributed by atoms with Gasteiger partial charge in [0.25, 0.3) is 0 Å². The summed E-state index contributed by atoms with van der Waals surface area (Å²) in [5, 5.41) is 0. The lowest BCUT2D eigenvalue weighted by Crippen LogP contribution is -1.97. The Bertz CT molecular complexity index is 103. The monoisotopic (exact) mass is 95.1 g/mol. The molecule has 0 unspecified atom stereocenters. The third-order valence-corrected chi connectivity index (χ3v) is 1.02. The van der Waals surface area contributed by atoms with E-state index in [-0.39, 0.29) is 0 Å². The molecule has 38 valence electrons. The van der Waals surface area contributed by atoms with Gasteiger partial charge in [0.15, 0.2) is 0 Å². The van der Waals surface area contributed by atoms with E-state index < -0.39 is 0 Å². The Kier molecular flexibility index (Phi) is 1.25. The Labute approximate surface area is 43.8 Å². The van der Waals surface area contributed by atoms with E-state index in [4.69, 9.17) is 0 Å². The Morgan fingerprint density at radius 3 is 2.86 bits per heavy atom. The average Bonchev–Trinajstić information content (AvgIpc) is 1.69. The highest BCUT2D eigenvalue weighted by atomic mass is 14.7. The lowest BCUT2D eigenvalue weighted by Gasteiger charge is -2.01. The summed E-state index contributed by atoms with van der Waals surface area (Å²) in [7, 11) is 0. The predicted molar refractivity (Wildman–Crippen MR) is 31.7 cm³/mol. The van der Waals surface area contributed by atoms with Crippen LogP contribution in [0.3, 0.4) is 0 Å². The van der Waals surface area contributed by atoms with E-state index in [1.165, 1.54) is 0 Å². The highest BCUT2D eigenvalue weighted by Gasteiger charge is 1.94. The lowest BCUT2D eigenvalue weighted by molar-refractivity contribution is 0.737. The highest BCUT2D eigenvalue weighted by molar-refractivity contribution is 5.71. The van der Waals surface area contributed by atoms with E-state index >= 15 is 0 Å². The number of aliphatic imine (C=N–C) groups is 1. The van der Waals surface area contributed by atoms with Crippen LogP contribution in [0.1, 0.15) is 6.92 Å². The van der Waals surface area contributed by atoms with Gasteiger partial charge in [0.05, 0.1) is 0 Å². The molecule has 1 aliphatic rings. The molecule has 0 aromatic carbocycles. The molecule has 0 fully saturated rings. The smallest absolute Gasteiger partial charge is 0.0449 e. The van der Waals surface area contributed by atoms with Crippen LogP contribution in [-0.2, 0) is 0 Å². The first-order valence-corrected chi connectivity index (χ1v) is 2.56. The van der Waals surface area contributed by atoms with Crippen LogP contribution < -0.4 is 0 Å². The Balaban J connectivity index is 2.49. The van der Waals surface area contributed by atoms with Gasteiger partial charge in [0, 0.05) is 12.8 Å². The molecule has 0 aliphatic carbocycles. The van der Waals surface area contributed by atoms with E-state index in [2.05, 4.69) is 18.0 Å². The maximum atomic E-state index is 4.05. The molecular weight excluding hydrogens is 86.1 g/mol. The summed E-state index contributed by atoms with van der Waals surface area (Å²) in [6.45, 7) is 3.13. The van der Waals surface area contributed by atoms with Crippen LogP contribution in [0.5, 0.6) is 0 Å². The van der Waals surface area contributed by atoms with Crippen LogP contribution in [-0.4, -0.2) is 12.8 Å². The maximum Gasteiger partial charge on any atom is 0.0449 e. The fourth-order valence-corrected chi connectivity index (χ4v) is 0.588. The van der Waals surface area contributed by atoms with Crippen molar-refractivity contribution in [2.24, 2.45) is 10.9 Å². The van der Waals surface area contributed by atoms with Gasteiger partial charge in [-0.2, -0.15) is 0 Å². The van der Waals surface area contributed by atoms with Gasteiger partial charge in [-0.1, -0.05) is 13.0 Å². The number of allylic oxidation sites excluding steroid dienone is 1. The molecule has 0 saturated heterocycles. The largest absolute Gasteiger partial charge is 0.293 e. The number of hydrogen-bond acceptors (Lipinski definition) is 1. The molecule has 0 bridgehead atoms. The van der Waals surface area contributed by atoms with E-state index in [1.54, 1.807) is 0 Å². The van der Waals surface area contributed by atoms with Crippen molar-refractivity contribution in [1.82, 2.24) is 0 Å². The van der Waals surface area contributed by atoms with Gasteiger partial charge in [-0.05, 0) is 12.0 Å². The highest BCUT2D eigenvalue weighted by Crippen LogP contribution is 1.99. The predicted octanol–water partition coefficient (Wildman–Crippen LogP) is 1.26. The summed E-state index contributed by atoms with van der Waals surface area (Å²) < 4.78 is 0. The zero-order chi connectivity index (χ0) is 5.11. The minimum Gasteiger partial charge on any atom is -0.293 e. The van der Waals surface area contributed by atoms with Gasteiger partial charge in [-0.3, -0.25) is 4.99 Å². The fourth-order valence-electron chi connectivity index (χ4n) is 0.588. The number of dihydropyridines is 1. The molecule has 1 atom stereocenters. The maximum absolute atomic E-state index is 4.05. The molecule has 0 amide bonds. The van der Waals surface area contributed by atoms with Gasteiger partial charge in [0.2, 0.25) is 0 Å². The first-order chi connectivity index (χ1) is 3.39. The third-order valence-electron chi connectivity index (χ3n) is 1.02. The van der Waals surface area contributed by atoms with Crippen LogP contribution >= 0.6 is 0 Å². The lowest BCUT2D eigenvalue weighted by atomic mass is 10.1.